The Morgan fingerprint density at radius 2 is 2.00 bits per heavy atom. The molecule has 0 radical (unpaired) electrons. The molecule has 5 nitrogen and oxygen atoms in total. The lowest BCUT2D eigenvalue weighted by Crippen LogP contribution is -2.39. The lowest BCUT2D eigenvalue weighted by molar-refractivity contribution is -0.191. The van der Waals surface area contributed by atoms with Crippen LogP contribution >= 0.6 is 11.6 Å². The molecule has 1 aliphatic heterocycles. The van der Waals surface area contributed by atoms with Gasteiger partial charge in [0.25, 0.3) is 6.10 Å². The predicted octanol–water partition coefficient (Wildman–Crippen LogP) is 5.37. The van der Waals surface area contributed by atoms with Gasteiger partial charge in [-0.25, -0.2) is 4.79 Å². The number of carbonyl (C=O) groups is 1. The second-order valence-electron chi connectivity index (χ2n) is 5.56. The highest BCUT2D eigenvalue weighted by molar-refractivity contribution is 6.31. The van der Waals surface area contributed by atoms with E-state index < -0.39 is 24.2 Å². The van der Waals surface area contributed by atoms with Gasteiger partial charge in [-0.05, 0) is 35.9 Å². The molecule has 2 aromatic carbocycles. The summed E-state index contributed by atoms with van der Waals surface area (Å²) in [6.45, 7) is 0. The topological polar surface area (TPSA) is 65.0 Å². The van der Waals surface area contributed by atoms with Crippen LogP contribution in [0.5, 0.6) is 11.5 Å². The number of halogens is 4. The minimum Gasteiger partial charge on any atom is -0.497 e. The van der Waals surface area contributed by atoms with Crippen molar-refractivity contribution >= 4 is 23.8 Å². The fourth-order valence-corrected chi connectivity index (χ4v) is 2.90. The molecule has 142 valence electrons. The monoisotopic (exact) mass is 400 g/mol. The van der Waals surface area contributed by atoms with Crippen molar-refractivity contribution in [1.82, 2.24) is 0 Å². The van der Waals surface area contributed by atoms with Crippen LogP contribution in [-0.4, -0.2) is 30.7 Å². The zero-order valence-corrected chi connectivity index (χ0v) is 14.5. The molecule has 0 bridgehead atoms. The third kappa shape index (κ3) is 3.95. The van der Waals surface area contributed by atoms with Gasteiger partial charge < -0.3 is 19.3 Å². The highest BCUT2D eigenvalue weighted by Gasteiger charge is 2.48. The summed E-state index contributed by atoms with van der Waals surface area (Å²) in [5.74, 6) is -0.482. The molecule has 0 aliphatic carbocycles. The third-order valence-electron chi connectivity index (χ3n) is 3.76. The van der Waals surface area contributed by atoms with Crippen molar-refractivity contribution in [2.45, 2.75) is 12.3 Å². The summed E-state index contributed by atoms with van der Waals surface area (Å²) in [5, 5.41) is 8.94. The van der Waals surface area contributed by atoms with Crippen molar-refractivity contribution in [2.75, 3.05) is 7.11 Å². The summed E-state index contributed by atoms with van der Waals surface area (Å²) >= 11 is 6.09. The molecular weight excluding hydrogens is 389 g/mol. The highest BCUT2D eigenvalue weighted by atomic mass is 35.5. The molecule has 0 spiro atoms. The molecule has 1 atom stereocenters. The van der Waals surface area contributed by atoms with E-state index >= 15 is 0 Å². The maximum absolute atomic E-state index is 13.4. The number of ether oxygens (including phenoxy) is 3. The molecule has 3 rings (SSSR count). The standard InChI is InChI=1S/C18H12ClF3O5/c1-25-12-4-2-3-9(6-12)13-8-11(19)5-10-7-14(26-17(23)24)16(18(20,21)22)27-15(10)13/h2-8,16H,1H3,(H,23,24). The Morgan fingerprint density at radius 1 is 1.26 bits per heavy atom. The van der Waals surface area contributed by atoms with E-state index in [1.54, 1.807) is 24.3 Å². The molecule has 0 amide bonds. The van der Waals surface area contributed by atoms with Gasteiger partial charge in [-0.15, -0.1) is 0 Å². The fourth-order valence-electron chi connectivity index (χ4n) is 2.68. The summed E-state index contributed by atoms with van der Waals surface area (Å²) in [5.41, 5.74) is 0.985. The van der Waals surface area contributed by atoms with E-state index in [9.17, 15) is 18.0 Å². The SMILES string of the molecule is COc1cccc(-c2cc(Cl)cc3c2OC(C(F)(F)F)C(OC(=O)O)=C3)c1. The van der Waals surface area contributed by atoms with E-state index in [2.05, 4.69) is 4.74 Å². The average Bonchev–Trinajstić information content (AvgIpc) is 2.59. The van der Waals surface area contributed by atoms with Crippen molar-refractivity contribution in [3.8, 4) is 22.6 Å². The van der Waals surface area contributed by atoms with Gasteiger partial charge in [-0.1, -0.05) is 23.7 Å². The van der Waals surface area contributed by atoms with Crippen LogP contribution in [0, 0.1) is 0 Å². The van der Waals surface area contributed by atoms with E-state index in [4.69, 9.17) is 26.2 Å². The van der Waals surface area contributed by atoms with E-state index in [0.29, 0.717) is 16.9 Å². The van der Waals surface area contributed by atoms with Crippen LogP contribution in [0.15, 0.2) is 42.2 Å². The molecule has 9 heteroatoms. The quantitative estimate of drug-likeness (QED) is 0.701. The Bertz CT molecular complexity index is 924. The number of carboxylic acid groups (broad SMARTS) is 1. The van der Waals surface area contributed by atoms with Crippen LogP contribution in [0.3, 0.4) is 0 Å². The number of hydrogen-bond acceptors (Lipinski definition) is 4. The number of methoxy groups -OCH3 is 1. The zero-order chi connectivity index (χ0) is 19.8. The molecule has 1 aliphatic rings. The first-order valence-electron chi connectivity index (χ1n) is 7.52. The number of rotatable bonds is 3. The Hall–Kier alpha value is -2.87. The van der Waals surface area contributed by atoms with Crippen LogP contribution in [0.4, 0.5) is 18.0 Å². The molecule has 0 saturated heterocycles. The molecule has 2 aromatic rings. The molecular formula is C18H12ClF3O5. The van der Waals surface area contributed by atoms with Crippen molar-refractivity contribution in [3.63, 3.8) is 0 Å². The fraction of sp³-hybridized carbons (Fsp3) is 0.167. The van der Waals surface area contributed by atoms with Gasteiger partial charge >= 0.3 is 12.3 Å². The van der Waals surface area contributed by atoms with Crippen molar-refractivity contribution in [2.24, 2.45) is 0 Å². The normalized spacial score (nSPS) is 16.0. The van der Waals surface area contributed by atoms with Crippen LogP contribution in [0.2, 0.25) is 5.02 Å². The maximum Gasteiger partial charge on any atom is 0.511 e. The average molecular weight is 401 g/mol. The first kappa shape index (κ1) is 18.9. The van der Waals surface area contributed by atoms with E-state index in [1.165, 1.54) is 19.2 Å². The van der Waals surface area contributed by atoms with Crippen LogP contribution < -0.4 is 9.47 Å². The van der Waals surface area contributed by atoms with Gasteiger partial charge in [0.15, 0.2) is 5.76 Å². The number of hydrogen-bond donors (Lipinski definition) is 1. The summed E-state index contributed by atoms with van der Waals surface area (Å²) in [4.78, 5) is 10.8. The van der Waals surface area contributed by atoms with Gasteiger partial charge in [0, 0.05) is 16.1 Å². The van der Waals surface area contributed by atoms with Gasteiger partial charge in [-0.2, -0.15) is 13.2 Å². The van der Waals surface area contributed by atoms with Crippen molar-refractivity contribution in [1.29, 1.82) is 0 Å². The zero-order valence-electron chi connectivity index (χ0n) is 13.7. The van der Waals surface area contributed by atoms with Crippen LogP contribution in [-0.2, 0) is 4.74 Å². The lowest BCUT2D eigenvalue weighted by atomic mass is 9.98. The van der Waals surface area contributed by atoms with Crippen LogP contribution in [0.25, 0.3) is 17.2 Å². The first-order chi connectivity index (χ1) is 12.7. The predicted molar refractivity (Wildman–Crippen MR) is 91.0 cm³/mol. The number of fused-ring (bicyclic) bond motifs is 1. The summed E-state index contributed by atoms with van der Waals surface area (Å²) < 4.78 is 54.7. The van der Waals surface area contributed by atoms with Gasteiger partial charge in [0.05, 0.1) is 7.11 Å². The van der Waals surface area contributed by atoms with Gasteiger partial charge in [0.2, 0.25) is 0 Å². The molecule has 0 aromatic heterocycles. The second-order valence-corrected chi connectivity index (χ2v) is 5.99. The highest BCUT2D eigenvalue weighted by Crippen LogP contribution is 2.44. The van der Waals surface area contributed by atoms with E-state index in [-0.39, 0.29) is 16.3 Å². The third-order valence-corrected chi connectivity index (χ3v) is 3.98. The second kappa shape index (κ2) is 7.03. The smallest absolute Gasteiger partial charge is 0.497 e. The largest absolute Gasteiger partial charge is 0.511 e. The molecule has 27 heavy (non-hydrogen) atoms. The minimum atomic E-state index is -4.88. The molecule has 1 heterocycles. The Labute approximate surface area is 156 Å². The summed E-state index contributed by atoms with van der Waals surface area (Å²) in [7, 11) is 1.46. The number of alkyl halides is 3. The summed E-state index contributed by atoms with van der Waals surface area (Å²) in [6.07, 6.45) is -8.37. The minimum absolute atomic E-state index is 0.0901. The van der Waals surface area contributed by atoms with Crippen molar-refractivity contribution < 1.29 is 37.3 Å². The Balaban J connectivity index is 2.18. The van der Waals surface area contributed by atoms with E-state index in [1.807, 2.05) is 0 Å². The molecule has 1 N–H and O–H groups in total. The number of benzene rings is 2. The molecule has 1 unspecified atom stereocenters. The summed E-state index contributed by atoms with van der Waals surface area (Å²) in [6, 6.07) is 9.44. The van der Waals surface area contributed by atoms with Crippen LogP contribution in [0.1, 0.15) is 5.56 Å². The Kier molecular flexibility index (Phi) is 4.93. The van der Waals surface area contributed by atoms with E-state index in [0.717, 1.165) is 6.08 Å². The van der Waals surface area contributed by atoms with Gasteiger partial charge in [0.1, 0.15) is 11.5 Å². The van der Waals surface area contributed by atoms with Crippen molar-refractivity contribution in [3.05, 3.63) is 52.7 Å². The lowest BCUT2D eigenvalue weighted by Gasteiger charge is -2.29. The van der Waals surface area contributed by atoms with Gasteiger partial charge in [-0.3, -0.25) is 0 Å². The Morgan fingerprint density at radius 3 is 2.63 bits per heavy atom. The first-order valence-corrected chi connectivity index (χ1v) is 7.90. The molecule has 0 fully saturated rings. The molecule has 0 saturated carbocycles. The maximum atomic E-state index is 13.4.